The first-order valence-electron chi connectivity index (χ1n) is 7.69. The zero-order valence-electron chi connectivity index (χ0n) is 13.8. The molecule has 3 aromatic rings. The van der Waals surface area contributed by atoms with Crippen LogP contribution in [0.2, 0.25) is 5.02 Å². The van der Waals surface area contributed by atoms with E-state index in [-0.39, 0.29) is 24.9 Å². The second kappa shape index (κ2) is 7.48. The van der Waals surface area contributed by atoms with Gasteiger partial charge in [0.1, 0.15) is 5.76 Å². The van der Waals surface area contributed by atoms with Crippen LogP contribution in [-0.4, -0.2) is 21.3 Å². The van der Waals surface area contributed by atoms with Crippen molar-refractivity contribution in [2.75, 3.05) is 0 Å². The van der Waals surface area contributed by atoms with Gasteiger partial charge in [0.05, 0.1) is 5.69 Å². The van der Waals surface area contributed by atoms with Gasteiger partial charge in [-0.1, -0.05) is 21.9 Å². The number of ether oxygens (including phenoxy) is 1. The van der Waals surface area contributed by atoms with Crippen LogP contribution >= 0.6 is 11.6 Å². The fourth-order valence-electron chi connectivity index (χ4n) is 2.33. The van der Waals surface area contributed by atoms with Crippen LogP contribution in [0.4, 0.5) is 0 Å². The van der Waals surface area contributed by atoms with Crippen LogP contribution in [0.15, 0.2) is 33.3 Å². The Labute approximate surface area is 148 Å². The van der Waals surface area contributed by atoms with Crippen LogP contribution in [0.25, 0.3) is 11.4 Å². The Morgan fingerprint density at radius 1 is 1.16 bits per heavy atom. The number of carbonyl (C=O) groups is 1. The maximum atomic E-state index is 11.9. The molecule has 0 saturated carbocycles. The summed E-state index contributed by atoms with van der Waals surface area (Å²) in [5, 5.41) is 8.34. The predicted molar refractivity (Wildman–Crippen MR) is 88.8 cm³/mol. The minimum Gasteiger partial charge on any atom is -0.456 e. The number of carbonyl (C=O) groups excluding carboxylic acids is 1. The normalized spacial score (nSPS) is 10.8. The molecule has 0 saturated heterocycles. The number of nitrogens with zero attached hydrogens (tertiary/aromatic N) is 3. The average Bonchev–Trinajstić information content (AvgIpc) is 3.19. The van der Waals surface area contributed by atoms with Crippen molar-refractivity contribution in [1.29, 1.82) is 0 Å². The SMILES string of the molecule is Cc1noc(C)c1CCC(=O)OCc1nc(-c2ccc(Cl)cc2)no1. The van der Waals surface area contributed by atoms with Crippen molar-refractivity contribution >= 4 is 17.6 Å². The summed E-state index contributed by atoms with van der Waals surface area (Å²) in [5.74, 6) is 1.01. The number of esters is 1. The highest BCUT2D eigenvalue weighted by Crippen LogP contribution is 2.19. The molecule has 0 fully saturated rings. The largest absolute Gasteiger partial charge is 0.456 e. The molecule has 0 unspecified atom stereocenters. The van der Waals surface area contributed by atoms with Gasteiger partial charge in [0.2, 0.25) is 5.82 Å². The molecule has 1 aromatic carbocycles. The summed E-state index contributed by atoms with van der Waals surface area (Å²) < 4.78 is 15.3. The molecule has 0 N–H and O–H groups in total. The molecule has 130 valence electrons. The van der Waals surface area contributed by atoms with Crippen LogP contribution in [0.5, 0.6) is 0 Å². The lowest BCUT2D eigenvalue weighted by molar-refractivity contribution is -0.145. The van der Waals surface area contributed by atoms with Gasteiger partial charge < -0.3 is 13.8 Å². The van der Waals surface area contributed by atoms with Gasteiger partial charge in [-0.3, -0.25) is 4.79 Å². The van der Waals surface area contributed by atoms with Gasteiger partial charge in [-0.2, -0.15) is 4.98 Å². The number of benzene rings is 1. The molecule has 2 heterocycles. The summed E-state index contributed by atoms with van der Waals surface area (Å²) in [6.45, 7) is 3.59. The molecule has 0 aliphatic carbocycles. The molecule has 3 rings (SSSR count). The van der Waals surface area contributed by atoms with Crippen LogP contribution in [0.1, 0.15) is 29.3 Å². The van der Waals surface area contributed by atoms with Gasteiger partial charge in [-0.25, -0.2) is 0 Å². The van der Waals surface area contributed by atoms with Crippen LogP contribution in [0, 0.1) is 13.8 Å². The van der Waals surface area contributed by atoms with E-state index in [0.29, 0.717) is 17.3 Å². The first-order valence-corrected chi connectivity index (χ1v) is 8.06. The second-order valence-corrected chi connectivity index (χ2v) is 5.92. The number of halogens is 1. The Morgan fingerprint density at radius 3 is 2.60 bits per heavy atom. The van der Waals surface area contributed by atoms with E-state index in [1.165, 1.54) is 0 Å². The molecule has 8 heteroatoms. The van der Waals surface area contributed by atoms with E-state index in [1.54, 1.807) is 24.3 Å². The van der Waals surface area contributed by atoms with E-state index >= 15 is 0 Å². The number of hydrogen-bond acceptors (Lipinski definition) is 7. The Balaban J connectivity index is 1.52. The fraction of sp³-hybridized carbons (Fsp3) is 0.294. The lowest BCUT2D eigenvalue weighted by Gasteiger charge is -2.01. The van der Waals surface area contributed by atoms with E-state index in [0.717, 1.165) is 22.6 Å². The number of aryl methyl sites for hydroxylation is 2. The molecular formula is C17H16ClN3O4. The van der Waals surface area contributed by atoms with Gasteiger partial charge in [-0.15, -0.1) is 0 Å². The summed E-state index contributed by atoms with van der Waals surface area (Å²) in [7, 11) is 0. The summed E-state index contributed by atoms with van der Waals surface area (Å²) in [6, 6.07) is 7.04. The third kappa shape index (κ3) is 4.24. The van der Waals surface area contributed by atoms with Crippen molar-refractivity contribution in [3.63, 3.8) is 0 Å². The number of rotatable bonds is 6. The van der Waals surface area contributed by atoms with Gasteiger partial charge in [0, 0.05) is 22.6 Å². The van der Waals surface area contributed by atoms with Crippen molar-refractivity contribution in [3.05, 3.63) is 52.2 Å². The van der Waals surface area contributed by atoms with Crippen molar-refractivity contribution < 1.29 is 18.6 Å². The second-order valence-electron chi connectivity index (χ2n) is 5.48. The van der Waals surface area contributed by atoms with Gasteiger partial charge in [0.15, 0.2) is 6.61 Å². The fourth-order valence-corrected chi connectivity index (χ4v) is 2.46. The molecule has 0 bridgehead atoms. The Hall–Kier alpha value is -2.67. The highest BCUT2D eigenvalue weighted by Gasteiger charge is 2.14. The summed E-state index contributed by atoms with van der Waals surface area (Å²) in [6.07, 6.45) is 0.737. The number of hydrogen-bond donors (Lipinski definition) is 0. The van der Waals surface area contributed by atoms with E-state index in [4.69, 9.17) is 25.4 Å². The van der Waals surface area contributed by atoms with Gasteiger partial charge >= 0.3 is 5.97 Å². The van der Waals surface area contributed by atoms with Crippen molar-refractivity contribution in [2.24, 2.45) is 0 Å². The molecule has 0 aliphatic heterocycles. The van der Waals surface area contributed by atoms with Crippen LogP contribution < -0.4 is 0 Å². The Kier molecular flexibility index (Phi) is 5.14. The van der Waals surface area contributed by atoms with E-state index in [2.05, 4.69) is 15.3 Å². The summed E-state index contributed by atoms with van der Waals surface area (Å²) in [5.41, 5.74) is 2.48. The highest BCUT2D eigenvalue weighted by molar-refractivity contribution is 6.30. The van der Waals surface area contributed by atoms with Crippen molar-refractivity contribution in [3.8, 4) is 11.4 Å². The predicted octanol–water partition coefficient (Wildman–Crippen LogP) is 3.67. The monoisotopic (exact) mass is 361 g/mol. The first kappa shape index (κ1) is 17.2. The van der Waals surface area contributed by atoms with Crippen LogP contribution in [-0.2, 0) is 22.6 Å². The molecule has 0 amide bonds. The third-order valence-electron chi connectivity index (χ3n) is 3.69. The zero-order chi connectivity index (χ0) is 17.8. The smallest absolute Gasteiger partial charge is 0.306 e. The topological polar surface area (TPSA) is 91.2 Å². The van der Waals surface area contributed by atoms with Crippen LogP contribution in [0.3, 0.4) is 0 Å². The Morgan fingerprint density at radius 2 is 1.92 bits per heavy atom. The maximum absolute atomic E-state index is 11.9. The molecule has 0 aliphatic rings. The quantitative estimate of drug-likeness (QED) is 0.618. The number of aromatic nitrogens is 3. The van der Waals surface area contributed by atoms with Gasteiger partial charge in [0.25, 0.3) is 5.89 Å². The average molecular weight is 362 g/mol. The van der Waals surface area contributed by atoms with E-state index in [1.807, 2.05) is 13.8 Å². The minimum absolute atomic E-state index is 0.0684. The standard InChI is InChI=1S/C17H16ClN3O4/c1-10-14(11(2)24-20-10)7-8-16(22)23-9-15-19-17(21-25-15)12-3-5-13(18)6-4-12/h3-6H,7-9H2,1-2H3. The highest BCUT2D eigenvalue weighted by atomic mass is 35.5. The third-order valence-corrected chi connectivity index (χ3v) is 3.94. The molecule has 0 spiro atoms. The molecule has 2 aromatic heterocycles. The van der Waals surface area contributed by atoms with Gasteiger partial charge in [-0.05, 0) is 44.5 Å². The van der Waals surface area contributed by atoms with E-state index < -0.39 is 0 Å². The first-order chi connectivity index (χ1) is 12.0. The zero-order valence-corrected chi connectivity index (χ0v) is 14.5. The molecule has 7 nitrogen and oxygen atoms in total. The molecular weight excluding hydrogens is 346 g/mol. The molecule has 0 atom stereocenters. The lowest BCUT2D eigenvalue weighted by Crippen LogP contribution is -2.06. The molecule has 25 heavy (non-hydrogen) atoms. The lowest BCUT2D eigenvalue weighted by atomic mass is 10.1. The van der Waals surface area contributed by atoms with Crippen molar-refractivity contribution in [1.82, 2.24) is 15.3 Å². The van der Waals surface area contributed by atoms with Crippen molar-refractivity contribution in [2.45, 2.75) is 33.3 Å². The molecule has 0 radical (unpaired) electrons. The Bertz CT molecular complexity index is 851. The van der Waals surface area contributed by atoms with E-state index in [9.17, 15) is 4.79 Å². The summed E-state index contributed by atoms with van der Waals surface area (Å²) in [4.78, 5) is 16.1. The summed E-state index contributed by atoms with van der Waals surface area (Å²) >= 11 is 5.84. The maximum Gasteiger partial charge on any atom is 0.306 e. The minimum atomic E-state index is -0.355.